The zero-order valence-corrected chi connectivity index (χ0v) is 17.9. The van der Waals surface area contributed by atoms with Crippen LogP contribution in [0.1, 0.15) is 34.5 Å². The van der Waals surface area contributed by atoms with Crippen molar-refractivity contribution in [1.29, 1.82) is 0 Å². The quantitative estimate of drug-likeness (QED) is 0.481. The number of pyridine rings is 1. The number of benzene rings is 1. The highest BCUT2D eigenvalue weighted by atomic mass is 19.4. The van der Waals surface area contributed by atoms with E-state index in [9.17, 15) is 35.9 Å². The Labute approximate surface area is 190 Å². The van der Waals surface area contributed by atoms with Crippen LogP contribution in [0.5, 0.6) is 5.75 Å². The van der Waals surface area contributed by atoms with Crippen LogP contribution in [0.25, 0.3) is 0 Å². The van der Waals surface area contributed by atoms with Gasteiger partial charge in [0, 0.05) is 17.4 Å². The molecule has 0 saturated carbocycles. The molecule has 1 aromatic heterocycles. The Bertz CT molecular complexity index is 995. The number of primary amides is 1. The van der Waals surface area contributed by atoms with Gasteiger partial charge in [-0.2, -0.15) is 26.3 Å². The van der Waals surface area contributed by atoms with Crippen molar-refractivity contribution in [2.75, 3.05) is 19.0 Å². The van der Waals surface area contributed by atoms with E-state index < -0.39 is 47.5 Å². The number of carbonyl (C=O) groups excluding carboxylic acids is 2. The van der Waals surface area contributed by atoms with E-state index in [-0.39, 0.29) is 17.9 Å². The van der Waals surface area contributed by atoms with Crippen molar-refractivity contribution >= 4 is 18.0 Å². The van der Waals surface area contributed by atoms with Gasteiger partial charge in [-0.25, -0.2) is 4.98 Å². The number of ether oxygens (including phenoxy) is 2. The lowest BCUT2D eigenvalue weighted by molar-refractivity contribution is -0.215. The van der Waals surface area contributed by atoms with Crippen molar-refractivity contribution in [1.82, 2.24) is 4.98 Å². The first kappa shape index (κ1) is 26.9. The number of methoxy groups -OCH3 is 1. The molecule has 2 amide bonds. The van der Waals surface area contributed by atoms with Crippen LogP contribution < -0.4 is 15.8 Å². The summed E-state index contributed by atoms with van der Waals surface area (Å²) in [5.41, 5.74) is 4.72. The largest absolute Gasteiger partial charge is 0.496 e. The van der Waals surface area contributed by atoms with Crippen LogP contribution in [0, 0.1) is 5.92 Å². The van der Waals surface area contributed by atoms with Gasteiger partial charge < -0.3 is 20.5 Å². The van der Waals surface area contributed by atoms with E-state index in [4.69, 9.17) is 15.2 Å². The molecular formula is C21H21F6N3O4. The molecule has 34 heavy (non-hydrogen) atoms. The number of halogens is 6. The molecule has 3 rings (SSSR count). The first-order valence-corrected chi connectivity index (χ1v) is 9.69. The second-order valence-electron chi connectivity index (χ2n) is 7.25. The molecule has 13 heteroatoms. The normalized spacial score (nSPS) is 20.2. The second-order valence-corrected chi connectivity index (χ2v) is 7.25. The first-order chi connectivity index (χ1) is 15.8. The standard InChI is InChI=1S/C14H14F6O2.C7H7N3O2/c1-7-9(6-22-12(7)14(18,19)20)8-4-3-5-10(11(8)21-2)13(15,16)17;8-7(12)6-2-1-5(3-9-6)10-4-11/h3-5,7,9,12H,6H2,1-2H3;1-4H,(H2,8,12)(H,10,11). The molecule has 0 radical (unpaired) electrons. The number of carbonyl (C=O) groups is 2. The number of nitrogens with one attached hydrogen (secondary N) is 1. The molecule has 1 aliphatic heterocycles. The Hall–Kier alpha value is -3.35. The molecule has 2 aromatic rings. The summed E-state index contributed by atoms with van der Waals surface area (Å²) in [6.45, 7) is 1.01. The third-order valence-electron chi connectivity index (χ3n) is 5.09. The molecule has 1 fully saturated rings. The molecule has 3 unspecified atom stereocenters. The van der Waals surface area contributed by atoms with Gasteiger partial charge in [0.05, 0.1) is 31.2 Å². The Morgan fingerprint density at radius 1 is 1.21 bits per heavy atom. The maximum atomic E-state index is 13.0. The van der Waals surface area contributed by atoms with Crippen LogP contribution in [0.3, 0.4) is 0 Å². The van der Waals surface area contributed by atoms with Gasteiger partial charge in [0.1, 0.15) is 11.4 Å². The van der Waals surface area contributed by atoms with Crippen molar-refractivity contribution in [2.45, 2.75) is 31.3 Å². The van der Waals surface area contributed by atoms with E-state index in [2.05, 4.69) is 10.3 Å². The van der Waals surface area contributed by atoms with Crippen LogP contribution in [0.15, 0.2) is 36.5 Å². The third kappa shape index (κ3) is 6.37. The zero-order chi connectivity index (χ0) is 25.7. The summed E-state index contributed by atoms with van der Waals surface area (Å²) in [4.78, 5) is 24.2. The van der Waals surface area contributed by atoms with Crippen LogP contribution in [-0.4, -0.2) is 43.3 Å². The maximum Gasteiger partial charge on any atom is 0.419 e. The highest BCUT2D eigenvalue weighted by molar-refractivity contribution is 5.91. The minimum absolute atomic E-state index is 0.0802. The average molecular weight is 493 g/mol. The summed E-state index contributed by atoms with van der Waals surface area (Å²) in [7, 11) is 1.07. The van der Waals surface area contributed by atoms with Gasteiger partial charge >= 0.3 is 12.4 Å². The van der Waals surface area contributed by atoms with Crippen LogP contribution >= 0.6 is 0 Å². The summed E-state index contributed by atoms with van der Waals surface area (Å²) in [5.74, 6) is -2.85. The van der Waals surface area contributed by atoms with E-state index in [1.165, 1.54) is 25.3 Å². The predicted octanol–water partition coefficient (Wildman–Crippen LogP) is 4.14. The molecule has 7 nitrogen and oxygen atoms in total. The lowest BCUT2D eigenvalue weighted by atomic mass is 9.85. The van der Waals surface area contributed by atoms with Gasteiger partial charge in [0.25, 0.3) is 5.91 Å². The second kappa shape index (κ2) is 10.7. The van der Waals surface area contributed by atoms with E-state index >= 15 is 0 Å². The molecule has 3 N–H and O–H groups in total. The lowest BCUT2D eigenvalue weighted by Gasteiger charge is -2.23. The van der Waals surface area contributed by atoms with Gasteiger partial charge in [0.15, 0.2) is 6.10 Å². The van der Waals surface area contributed by atoms with E-state index in [0.29, 0.717) is 12.1 Å². The smallest absolute Gasteiger partial charge is 0.419 e. The van der Waals surface area contributed by atoms with E-state index in [1.54, 1.807) is 6.07 Å². The van der Waals surface area contributed by atoms with Gasteiger partial charge in [-0.3, -0.25) is 9.59 Å². The molecule has 2 heterocycles. The van der Waals surface area contributed by atoms with Gasteiger partial charge in [0.2, 0.25) is 6.41 Å². The van der Waals surface area contributed by atoms with Crippen LogP contribution in [0.4, 0.5) is 32.0 Å². The Morgan fingerprint density at radius 2 is 1.88 bits per heavy atom. The van der Waals surface area contributed by atoms with Gasteiger partial charge in [-0.1, -0.05) is 19.1 Å². The molecule has 0 spiro atoms. The minimum atomic E-state index is -4.65. The average Bonchev–Trinajstić information content (AvgIpc) is 3.15. The van der Waals surface area contributed by atoms with E-state index in [1.807, 2.05) is 0 Å². The first-order valence-electron chi connectivity index (χ1n) is 9.69. The number of hydrogen-bond donors (Lipinski definition) is 2. The predicted molar refractivity (Wildman–Crippen MR) is 108 cm³/mol. The fourth-order valence-corrected chi connectivity index (χ4v) is 3.48. The van der Waals surface area contributed by atoms with Crippen molar-refractivity contribution in [2.24, 2.45) is 11.7 Å². The molecule has 1 saturated heterocycles. The number of aromatic nitrogens is 1. The van der Waals surface area contributed by atoms with Crippen LogP contribution in [-0.2, 0) is 15.7 Å². The summed E-state index contributed by atoms with van der Waals surface area (Å²) < 4.78 is 87.0. The molecule has 0 bridgehead atoms. The van der Waals surface area contributed by atoms with Gasteiger partial charge in [-0.05, 0) is 18.2 Å². The molecule has 0 aliphatic carbocycles. The molecule has 1 aliphatic rings. The van der Waals surface area contributed by atoms with Crippen molar-refractivity contribution in [3.8, 4) is 5.75 Å². The third-order valence-corrected chi connectivity index (χ3v) is 5.09. The fraction of sp³-hybridized carbons (Fsp3) is 0.381. The lowest BCUT2D eigenvalue weighted by Crippen LogP contribution is -2.33. The maximum absolute atomic E-state index is 13.0. The zero-order valence-electron chi connectivity index (χ0n) is 17.9. The number of alkyl halides is 6. The summed E-state index contributed by atoms with van der Waals surface area (Å²) in [6, 6.07) is 6.32. The van der Waals surface area contributed by atoms with Gasteiger partial charge in [-0.15, -0.1) is 0 Å². The van der Waals surface area contributed by atoms with Crippen molar-refractivity contribution < 1.29 is 45.4 Å². The van der Waals surface area contributed by atoms with Crippen LogP contribution in [0.2, 0.25) is 0 Å². The molecule has 186 valence electrons. The Morgan fingerprint density at radius 3 is 2.32 bits per heavy atom. The molecule has 3 atom stereocenters. The highest BCUT2D eigenvalue weighted by Gasteiger charge is 2.51. The summed E-state index contributed by atoms with van der Waals surface area (Å²) in [6.07, 6.45) is -9.30. The molecular weight excluding hydrogens is 472 g/mol. The van der Waals surface area contributed by atoms with Crippen molar-refractivity contribution in [3.63, 3.8) is 0 Å². The number of amides is 2. The number of rotatable bonds is 5. The SMILES string of the molecule is COc1c(C2COC(C(F)(F)F)C2C)cccc1C(F)(F)F.NC(=O)c1ccc(NC=O)cn1. The number of anilines is 1. The number of nitrogens with two attached hydrogens (primary N) is 1. The molecule has 1 aromatic carbocycles. The summed E-state index contributed by atoms with van der Waals surface area (Å²) >= 11 is 0. The number of hydrogen-bond acceptors (Lipinski definition) is 5. The highest BCUT2D eigenvalue weighted by Crippen LogP contribution is 2.47. The monoisotopic (exact) mass is 493 g/mol. The number of nitrogens with zero attached hydrogens (tertiary/aromatic N) is 1. The number of para-hydroxylation sites is 1. The topological polar surface area (TPSA) is 104 Å². The fourth-order valence-electron chi connectivity index (χ4n) is 3.48. The summed E-state index contributed by atoms with van der Waals surface area (Å²) in [5, 5.41) is 2.38. The Balaban J connectivity index is 0.000000287. The Kier molecular flexibility index (Phi) is 8.48. The van der Waals surface area contributed by atoms with Crippen molar-refractivity contribution in [3.05, 3.63) is 53.3 Å². The van der Waals surface area contributed by atoms with E-state index in [0.717, 1.165) is 19.2 Å². The minimum Gasteiger partial charge on any atom is -0.496 e.